The van der Waals surface area contributed by atoms with E-state index in [9.17, 15) is 5.11 Å². The summed E-state index contributed by atoms with van der Waals surface area (Å²) in [6, 6.07) is 2.20. The third kappa shape index (κ3) is 3.32. The lowest BCUT2D eigenvalue weighted by atomic mass is 10.1. The standard InChI is InChI=1S/C11H21N3O/c1-8(2)11(15)7-12-9(3)10-5-6-13-14(10)4/h5-6,8-9,11-12,15H,7H2,1-4H3. The van der Waals surface area contributed by atoms with E-state index in [4.69, 9.17) is 0 Å². The fourth-order valence-corrected chi connectivity index (χ4v) is 1.45. The molecule has 2 unspecified atom stereocenters. The summed E-state index contributed by atoms with van der Waals surface area (Å²) in [5.41, 5.74) is 1.13. The van der Waals surface area contributed by atoms with Gasteiger partial charge in [-0.15, -0.1) is 0 Å². The van der Waals surface area contributed by atoms with Crippen LogP contribution in [0.1, 0.15) is 32.5 Å². The summed E-state index contributed by atoms with van der Waals surface area (Å²) >= 11 is 0. The SMILES string of the molecule is CC(NCC(O)C(C)C)c1ccnn1C. The van der Waals surface area contributed by atoms with Crippen molar-refractivity contribution in [2.75, 3.05) is 6.54 Å². The van der Waals surface area contributed by atoms with E-state index in [0.717, 1.165) is 5.69 Å². The van der Waals surface area contributed by atoms with Gasteiger partial charge in [-0.3, -0.25) is 4.68 Å². The number of hydrogen-bond acceptors (Lipinski definition) is 3. The van der Waals surface area contributed by atoms with Crippen LogP contribution in [-0.4, -0.2) is 27.5 Å². The average molecular weight is 211 g/mol. The highest BCUT2D eigenvalue weighted by atomic mass is 16.3. The van der Waals surface area contributed by atoms with Crippen LogP contribution in [0.5, 0.6) is 0 Å². The van der Waals surface area contributed by atoms with Crippen LogP contribution >= 0.6 is 0 Å². The van der Waals surface area contributed by atoms with Gasteiger partial charge < -0.3 is 10.4 Å². The molecule has 15 heavy (non-hydrogen) atoms. The molecule has 0 saturated carbocycles. The van der Waals surface area contributed by atoms with Gasteiger partial charge in [-0.25, -0.2) is 0 Å². The number of aromatic nitrogens is 2. The molecule has 0 spiro atoms. The lowest BCUT2D eigenvalue weighted by Gasteiger charge is -2.19. The minimum absolute atomic E-state index is 0.214. The maximum atomic E-state index is 9.66. The number of nitrogens with one attached hydrogen (secondary N) is 1. The normalized spacial score (nSPS) is 15.6. The predicted octanol–water partition coefficient (Wildman–Crippen LogP) is 1.09. The maximum Gasteiger partial charge on any atom is 0.0687 e. The van der Waals surface area contributed by atoms with E-state index in [1.165, 1.54) is 0 Å². The van der Waals surface area contributed by atoms with Gasteiger partial charge in [-0.05, 0) is 18.9 Å². The number of aryl methyl sites for hydroxylation is 1. The fraction of sp³-hybridized carbons (Fsp3) is 0.727. The van der Waals surface area contributed by atoms with Crippen LogP contribution < -0.4 is 5.32 Å². The quantitative estimate of drug-likeness (QED) is 0.766. The van der Waals surface area contributed by atoms with Gasteiger partial charge in [0.05, 0.1) is 11.8 Å². The zero-order valence-electron chi connectivity index (χ0n) is 9.94. The molecule has 4 heteroatoms. The number of rotatable bonds is 5. The molecule has 1 aromatic rings. The molecule has 1 rings (SSSR count). The second kappa shape index (κ2) is 5.28. The van der Waals surface area contributed by atoms with Gasteiger partial charge in [0.1, 0.15) is 0 Å². The highest BCUT2D eigenvalue weighted by Crippen LogP contribution is 2.10. The van der Waals surface area contributed by atoms with Crippen LogP contribution in [0.4, 0.5) is 0 Å². The first kappa shape index (κ1) is 12.2. The molecule has 1 heterocycles. The molecule has 0 aliphatic carbocycles. The summed E-state index contributed by atoms with van der Waals surface area (Å²) in [4.78, 5) is 0. The van der Waals surface area contributed by atoms with Crippen molar-refractivity contribution in [1.29, 1.82) is 0 Å². The van der Waals surface area contributed by atoms with E-state index in [-0.39, 0.29) is 18.1 Å². The minimum atomic E-state index is -0.291. The van der Waals surface area contributed by atoms with Gasteiger partial charge in [-0.1, -0.05) is 13.8 Å². The first-order chi connectivity index (χ1) is 7.02. The Labute approximate surface area is 91.3 Å². The number of nitrogens with zero attached hydrogens (tertiary/aromatic N) is 2. The van der Waals surface area contributed by atoms with Gasteiger partial charge >= 0.3 is 0 Å². The molecule has 0 amide bonds. The monoisotopic (exact) mass is 211 g/mol. The van der Waals surface area contributed by atoms with Crippen molar-refractivity contribution in [2.24, 2.45) is 13.0 Å². The number of hydrogen-bond donors (Lipinski definition) is 2. The van der Waals surface area contributed by atoms with E-state index in [2.05, 4.69) is 17.3 Å². The Morgan fingerprint density at radius 1 is 1.47 bits per heavy atom. The topological polar surface area (TPSA) is 50.1 Å². The van der Waals surface area contributed by atoms with E-state index in [0.29, 0.717) is 6.54 Å². The molecule has 0 aromatic carbocycles. The second-order valence-corrected chi connectivity index (χ2v) is 4.32. The van der Waals surface area contributed by atoms with Crippen LogP contribution in [0, 0.1) is 5.92 Å². The molecule has 4 nitrogen and oxygen atoms in total. The largest absolute Gasteiger partial charge is 0.392 e. The Bertz CT molecular complexity index is 296. The van der Waals surface area contributed by atoms with Crippen LogP contribution in [0.25, 0.3) is 0 Å². The fourth-order valence-electron chi connectivity index (χ4n) is 1.45. The summed E-state index contributed by atoms with van der Waals surface area (Å²) in [6.07, 6.45) is 1.49. The molecule has 0 aliphatic heterocycles. The van der Waals surface area contributed by atoms with Gasteiger partial charge in [0.15, 0.2) is 0 Å². The molecule has 0 bridgehead atoms. The second-order valence-electron chi connectivity index (χ2n) is 4.32. The molecule has 1 aromatic heterocycles. The highest BCUT2D eigenvalue weighted by molar-refractivity contribution is 5.05. The van der Waals surface area contributed by atoms with Crippen LogP contribution in [0.2, 0.25) is 0 Å². The molecule has 0 saturated heterocycles. The smallest absolute Gasteiger partial charge is 0.0687 e. The average Bonchev–Trinajstić information content (AvgIpc) is 2.60. The molecular weight excluding hydrogens is 190 g/mol. The van der Waals surface area contributed by atoms with Crippen molar-refractivity contribution in [1.82, 2.24) is 15.1 Å². The zero-order valence-corrected chi connectivity index (χ0v) is 9.94. The minimum Gasteiger partial charge on any atom is -0.392 e. The number of aliphatic hydroxyl groups is 1. The van der Waals surface area contributed by atoms with E-state index in [1.807, 2.05) is 31.6 Å². The Kier molecular flexibility index (Phi) is 4.29. The molecule has 0 aliphatic rings. The Hall–Kier alpha value is -0.870. The van der Waals surface area contributed by atoms with Crippen molar-refractivity contribution in [3.8, 4) is 0 Å². The van der Waals surface area contributed by atoms with E-state index >= 15 is 0 Å². The van der Waals surface area contributed by atoms with Crippen molar-refractivity contribution in [3.63, 3.8) is 0 Å². The Balaban J connectivity index is 2.43. The zero-order chi connectivity index (χ0) is 11.4. The summed E-state index contributed by atoms with van der Waals surface area (Å²) in [5.74, 6) is 0.288. The van der Waals surface area contributed by atoms with E-state index < -0.39 is 0 Å². The van der Waals surface area contributed by atoms with Gasteiger partial charge in [0.2, 0.25) is 0 Å². The van der Waals surface area contributed by atoms with Crippen molar-refractivity contribution >= 4 is 0 Å². The summed E-state index contributed by atoms with van der Waals surface area (Å²) in [6.45, 7) is 6.72. The highest BCUT2D eigenvalue weighted by Gasteiger charge is 2.13. The van der Waals surface area contributed by atoms with E-state index in [1.54, 1.807) is 6.20 Å². The first-order valence-electron chi connectivity index (χ1n) is 5.41. The Morgan fingerprint density at radius 2 is 2.13 bits per heavy atom. The number of aliphatic hydroxyl groups excluding tert-OH is 1. The molecule has 2 N–H and O–H groups in total. The Morgan fingerprint density at radius 3 is 2.60 bits per heavy atom. The molecule has 86 valence electrons. The van der Waals surface area contributed by atoms with Crippen molar-refractivity contribution in [2.45, 2.75) is 32.9 Å². The van der Waals surface area contributed by atoms with Crippen molar-refractivity contribution in [3.05, 3.63) is 18.0 Å². The molecule has 0 fully saturated rings. The summed E-state index contributed by atoms with van der Waals surface area (Å²) in [5, 5.41) is 17.1. The van der Waals surface area contributed by atoms with Gasteiger partial charge in [-0.2, -0.15) is 5.10 Å². The molecular formula is C11H21N3O. The molecule has 2 atom stereocenters. The lowest BCUT2D eigenvalue weighted by molar-refractivity contribution is 0.120. The van der Waals surface area contributed by atoms with Gasteiger partial charge in [0, 0.05) is 25.8 Å². The van der Waals surface area contributed by atoms with Crippen LogP contribution in [0.3, 0.4) is 0 Å². The lowest BCUT2D eigenvalue weighted by Crippen LogP contribution is -2.32. The first-order valence-corrected chi connectivity index (χ1v) is 5.41. The summed E-state index contributed by atoms with van der Waals surface area (Å²) in [7, 11) is 1.92. The molecule has 0 radical (unpaired) electrons. The van der Waals surface area contributed by atoms with Gasteiger partial charge in [0.25, 0.3) is 0 Å². The van der Waals surface area contributed by atoms with Crippen LogP contribution in [-0.2, 0) is 7.05 Å². The third-order valence-corrected chi connectivity index (χ3v) is 2.71. The third-order valence-electron chi connectivity index (χ3n) is 2.71. The predicted molar refractivity (Wildman–Crippen MR) is 60.5 cm³/mol. The summed E-state index contributed by atoms with van der Waals surface area (Å²) < 4.78 is 1.85. The van der Waals surface area contributed by atoms with Crippen molar-refractivity contribution < 1.29 is 5.11 Å². The van der Waals surface area contributed by atoms with Crippen LogP contribution in [0.15, 0.2) is 12.3 Å². The maximum absolute atomic E-state index is 9.66.